The molecule has 226 valence electrons. The summed E-state index contributed by atoms with van der Waals surface area (Å²) in [6, 6.07) is 17.7. The molecule has 5 rings (SSSR count). The minimum atomic E-state index is -0.413. The number of carbonyl (C=O) groups excluding carboxylic acids is 2. The molecule has 8 nitrogen and oxygen atoms in total. The molecule has 4 aromatic rings. The lowest BCUT2D eigenvalue weighted by Crippen LogP contribution is -2.30. The van der Waals surface area contributed by atoms with Crippen LogP contribution in [-0.2, 0) is 17.7 Å². The van der Waals surface area contributed by atoms with Crippen molar-refractivity contribution in [3.05, 3.63) is 98.7 Å². The number of halogens is 1. The molecular weight excluding hydrogens is 564 g/mol. The summed E-state index contributed by atoms with van der Waals surface area (Å²) in [5.74, 6) is 0.405. The minimum absolute atomic E-state index is 0.200. The van der Waals surface area contributed by atoms with E-state index in [1.807, 2.05) is 32.0 Å². The number of aromatic amines is 1. The van der Waals surface area contributed by atoms with Gasteiger partial charge in [-0.2, -0.15) is 0 Å². The molecule has 0 bridgehead atoms. The van der Waals surface area contributed by atoms with E-state index < -0.39 is 5.97 Å². The zero-order valence-corrected chi connectivity index (χ0v) is 26.0. The van der Waals surface area contributed by atoms with Crippen LogP contribution in [0.25, 0.3) is 10.9 Å². The first-order chi connectivity index (χ1) is 20.7. The second-order valence-electron chi connectivity index (χ2n) is 11.3. The number of para-hydroxylation sites is 1. The molecule has 1 aliphatic heterocycles. The number of methoxy groups -OCH3 is 1. The fourth-order valence-electron chi connectivity index (χ4n) is 6.07. The van der Waals surface area contributed by atoms with Crippen LogP contribution in [0.5, 0.6) is 5.75 Å². The first-order valence-electron chi connectivity index (χ1n) is 14.7. The van der Waals surface area contributed by atoms with Gasteiger partial charge in [-0.05, 0) is 92.6 Å². The van der Waals surface area contributed by atoms with E-state index >= 15 is 0 Å². The van der Waals surface area contributed by atoms with Crippen molar-refractivity contribution in [3.63, 3.8) is 0 Å². The molecule has 1 aliphatic rings. The van der Waals surface area contributed by atoms with Gasteiger partial charge in [0, 0.05) is 40.5 Å². The van der Waals surface area contributed by atoms with Gasteiger partial charge in [0.1, 0.15) is 11.4 Å². The van der Waals surface area contributed by atoms with Crippen LogP contribution in [0.1, 0.15) is 74.8 Å². The minimum Gasteiger partial charge on any atom is -0.494 e. The number of hydrogen-bond acceptors (Lipinski definition) is 6. The van der Waals surface area contributed by atoms with Gasteiger partial charge in [-0.1, -0.05) is 41.9 Å². The monoisotopic (exact) mass is 602 g/mol. The third kappa shape index (κ3) is 6.56. The Morgan fingerprint density at radius 1 is 0.977 bits per heavy atom. The van der Waals surface area contributed by atoms with Gasteiger partial charge in [-0.25, -0.2) is 4.79 Å². The van der Waals surface area contributed by atoms with Gasteiger partial charge in [0.15, 0.2) is 0 Å². The lowest BCUT2D eigenvalue weighted by atomic mass is 9.87. The quantitative estimate of drug-likeness (QED) is 0.128. The SMILES string of the molecule is COC(=O)c1cccc(CNC(=O)c2[nH]c3c(C4C(C)NNC4C)cccc3c2CCCOc2cc(C)c(Cl)c(C)c2)c1. The summed E-state index contributed by atoms with van der Waals surface area (Å²) in [6.07, 6.45) is 1.38. The van der Waals surface area contributed by atoms with Gasteiger partial charge in [-0.15, -0.1) is 0 Å². The van der Waals surface area contributed by atoms with Crippen LogP contribution in [0.3, 0.4) is 0 Å². The Morgan fingerprint density at radius 2 is 1.67 bits per heavy atom. The van der Waals surface area contributed by atoms with E-state index in [-0.39, 0.29) is 30.5 Å². The Morgan fingerprint density at radius 3 is 2.37 bits per heavy atom. The van der Waals surface area contributed by atoms with E-state index in [1.165, 1.54) is 12.7 Å². The van der Waals surface area contributed by atoms with Crippen LogP contribution < -0.4 is 20.9 Å². The van der Waals surface area contributed by atoms with E-state index in [2.05, 4.69) is 53.2 Å². The molecule has 0 radical (unpaired) electrons. The lowest BCUT2D eigenvalue weighted by molar-refractivity contribution is 0.0600. The highest BCUT2D eigenvalue weighted by Crippen LogP contribution is 2.35. The second kappa shape index (κ2) is 13.2. The fourth-order valence-corrected chi connectivity index (χ4v) is 6.18. The van der Waals surface area contributed by atoms with Crippen LogP contribution in [0.2, 0.25) is 5.02 Å². The number of ether oxygens (including phenoxy) is 2. The van der Waals surface area contributed by atoms with E-state index in [4.69, 9.17) is 21.1 Å². The van der Waals surface area contributed by atoms with Crippen LogP contribution in [0.4, 0.5) is 0 Å². The number of H-pyrrole nitrogens is 1. The number of benzene rings is 3. The molecule has 2 unspecified atom stereocenters. The highest BCUT2D eigenvalue weighted by Gasteiger charge is 2.33. The average Bonchev–Trinajstić information content (AvgIpc) is 3.55. The molecule has 2 heterocycles. The number of amides is 1. The third-order valence-corrected chi connectivity index (χ3v) is 8.82. The van der Waals surface area contributed by atoms with E-state index in [0.717, 1.165) is 50.3 Å². The van der Waals surface area contributed by atoms with E-state index in [9.17, 15) is 9.59 Å². The van der Waals surface area contributed by atoms with Crippen molar-refractivity contribution in [2.45, 2.75) is 65.1 Å². The molecule has 1 aromatic heterocycles. The normalized spacial score (nSPS) is 18.1. The van der Waals surface area contributed by atoms with E-state index in [1.54, 1.807) is 18.2 Å². The maximum Gasteiger partial charge on any atom is 0.337 e. The molecule has 0 aliphatic carbocycles. The molecule has 0 saturated carbocycles. The van der Waals surface area contributed by atoms with Crippen molar-refractivity contribution >= 4 is 34.4 Å². The van der Waals surface area contributed by atoms with Crippen molar-refractivity contribution in [2.75, 3.05) is 13.7 Å². The van der Waals surface area contributed by atoms with E-state index in [0.29, 0.717) is 24.3 Å². The smallest absolute Gasteiger partial charge is 0.337 e. The summed E-state index contributed by atoms with van der Waals surface area (Å²) in [6.45, 7) is 9.04. The molecule has 0 spiro atoms. The molecule has 1 fully saturated rings. The number of esters is 1. The van der Waals surface area contributed by atoms with Crippen LogP contribution >= 0.6 is 11.6 Å². The molecule has 2 atom stereocenters. The standard InChI is InChI=1S/C34H39ClN4O4/c1-19-15-25(16-20(2)30(19)35)43-14-8-13-27-26-11-7-12-28(29-21(3)38-39-22(29)4)31(26)37-32(27)33(40)36-18-23-9-6-10-24(17-23)34(41)42-5/h6-7,9-12,15-17,21-22,29,37-39H,8,13-14,18H2,1-5H3,(H,36,40). The van der Waals surface area contributed by atoms with Crippen molar-refractivity contribution < 1.29 is 19.1 Å². The average molecular weight is 603 g/mol. The molecule has 4 N–H and O–H groups in total. The number of fused-ring (bicyclic) bond motifs is 1. The molecule has 1 amide bonds. The molecule has 43 heavy (non-hydrogen) atoms. The number of rotatable bonds is 10. The Labute approximate surface area is 257 Å². The Hall–Kier alpha value is -3.85. The number of hydrazine groups is 1. The Kier molecular flexibility index (Phi) is 9.40. The second-order valence-corrected chi connectivity index (χ2v) is 11.7. The third-order valence-electron chi connectivity index (χ3n) is 8.23. The number of carbonyl (C=O) groups is 2. The van der Waals surface area contributed by atoms with Gasteiger partial charge in [0.25, 0.3) is 5.91 Å². The number of hydrogen-bond donors (Lipinski definition) is 4. The zero-order chi connectivity index (χ0) is 30.7. The van der Waals surface area contributed by atoms with Crippen molar-refractivity contribution in [1.82, 2.24) is 21.2 Å². The summed E-state index contributed by atoms with van der Waals surface area (Å²) in [4.78, 5) is 29.2. The van der Waals surface area contributed by atoms with Crippen molar-refractivity contribution in [1.29, 1.82) is 0 Å². The summed E-state index contributed by atoms with van der Waals surface area (Å²) >= 11 is 6.33. The van der Waals surface area contributed by atoms with Crippen LogP contribution in [0.15, 0.2) is 54.6 Å². The summed E-state index contributed by atoms with van der Waals surface area (Å²) < 4.78 is 10.9. The van der Waals surface area contributed by atoms with Gasteiger partial charge in [0.05, 0.1) is 19.3 Å². The predicted molar refractivity (Wildman–Crippen MR) is 170 cm³/mol. The molecule has 1 saturated heterocycles. The number of aromatic nitrogens is 1. The predicted octanol–water partition coefficient (Wildman–Crippen LogP) is 6.13. The van der Waals surface area contributed by atoms with Gasteiger partial charge in [-0.3, -0.25) is 15.6 Å². The van der Waals surface area contributed by atoms with Gasteiger partial charge >= 0.3 is 5.97 Å². The maximum absolute atomic E-state index is 13.7. The highest BCUT2D eigenvalue weighted by atomic mass is 35.5. The number of aryl methyl sites for hydroxylation is 3. The molecule has 9 heteroatoms. The molecular formula is C34H39ClN4O4. The maximum atomic E-state index is 13.7. The highest BCUT2D eigenvalue weighted by molar-refractivity contribution is 6.32. The fraction of sp³-hybridized carbons (Fsp3) is 0.353. The van der Waals surface area contributed by atoms with Crippen LogP contribution in [0, 0.1) is 13.8 Å². The van der Waals surface area contributed by atoms with Crippen molar-refractivity contribution in [2.24, 2.45) is 0 Å². The van der Waals surface area contributed by atoms with Gasteiger partial charge < -0.3 is 19.8 Å². The summed E-state index contributed by atoms with van der Waals surface area (Å²) in [5, 5.41) is 4.85. The number of nitrogens with one attached hydrogen (secondary N) is 4. The lowest BCUT2D eigenvalue weighted by Gasteiger charge is -2.19. The first-order valence-corrected chi connectivity index (χ1v) is 15.0. The van der Waals surface area contributed by atoms with Gasteiger partial charge in [0.2, 0.25) is 0 Å². The zero-order valence-electron chi connectivity index (χ0n) is 25.3. The topological polar surface area (TPSA) is 104 Å². The molecule has 3 aromatic carbocycles. The Bertz CT molecular complexity index is 1620. The van der Waals surface area contributed by atoms with Crippen LogP contribution in [-0.4, -0.2) is 42.7 Å². The van der Waals surface area contributed by atoms with Crippen molar-refractivity contribution in [3.8, 4) is 5.75 Å². The Balaban J connectivity index is 1.40. The largest absolute Gasteiger partial charge is 0.494 e. The first kappa shape index (κ1) is 30.6. The summed E-state index contributed by atoms with van der Waals surface area (Å²) in [7, 11) is 1.35. The summed E-state index contributed by atoms with van der Waals surface area (Å²) in [5.41, 5.74) is 13.6.